The summed E-state index contributed by atoms with van der Waals surface area (Å²) in [5, 5.41) is 3.60. The van der Waals surface area contributed by atoms with Crippen LogP contribution in [0.4, 0.5) is 5.69 Å². The van der Waals surface area contributed by atoms with Crippen molar-refractivity contribution in [2.75, 3.05) is 11.9 Å². The maximum absolute atomic E-state index is 12.5. The number of nitrogens with one attached hydrogen (secondary N) is 1. The number of benzene rings is 2. The van der Waals surface area contributed by atoms with Crippen molar-refractivity contribution >= 4 is 34.8 Å². The van der Waals surface area contributed by atoms with E-state index < -0.39 is 0 Å². The molecule has 0 aliphatic carbocycles. The van der Waals surface area contributed by atoms with Crippen LogP contribution >= 0.6 is 23.2 Å². The molecule has 0 radical (unpaired) electrons. The first-order valence-electron chi connectivity index (χ1n) is 7.70. The Hall–Kier alpha value is -1.91. The van der Waals surface area contributed by atoms with Gasteiger partial charge in [0, 0.05) is 23.6 Å². The SMILES string of the molecule is CCOc1cc2c(cc1NC(=O)c1ccc(Cl)c(Cl)c1)OC(C)C2. The zero-order valence-electron chi connectivity index (χ0n) is 13.4. The first-order chi connectivity index (χ1) is 11.5. The average molecular weight is 366 g/mol. The minimum Gasteiger partial charge on any atom is -0.492 e. The number of fused-ring (bicyclic) bond motifs is 1. The van der Waals surface area contributed by atoms with E-state index in [-0.39, 0.29) is 12.0 Å². The number of amides is 1. The van der Waals surface area contributed by atoms with Crippen LogP contribution in [0.5, 0.6) is 11.5 Å². The van der Waals surface area contributed by atoms with Crippen molar-refractivity contribution in [3.05, 3.63) is 51.5 Å². The Kier molecular flexibility index (Phi) is 4.88. The highest BCUT2D eigenvalue weighted by molar-refractivity contribution is 6.42. The van der Waals surface area contributed by atoms with E-state index in [0.29, 0.717) is 33.7 Å². The highest BCUT2D eigenvalue weighted by Gasteiger charge is 2.23. The molecule has 126 valence electrons. The predicted molar refractivity (Wildman–Crippen MR) is 95.8 cm³/mol. The summed E-state index contributed by atoms with van der Waals surface area (Å²) in [5.41, 5.74) is 2.07. The molecule has 4 nitrogen and oxygen atoms in total. The fourth-order valence-corrected chi connectivity index (χ4v) is 2.94. The molecule has 1 unspecified atom stereocenters. The molecule has 2 aromatic rings. The van der Waals surface area contributed by atoms with Crippen molar-refractivity contribution in [3.63, 3.8) is 0 Å². The minimum absolute atomic E-state index is 0.121. The lowest BCUT2D eigenvalue weighted by Crippen LogP contribution is -2.13. The molecule has 1 N–H and O–H groups in total. The van der Waals surface area contributed by atoms with Gasteiger partial charge in [-0.25, -0.2) is 0 Å². The quantitative estimate of drug-likeness (QED) is 0.831. The molecular formula is C18H17Cl2NO3. The monoisotopic (exact) mass is 365 g/mol. The zero-order chi connectivity index (χ0) is 17.3. The van der Waals surface area contributed by atoms with Gasteiger partial charge in [0.2, 0.25) is 0 Å². The van der Waals surface area contributed by atoms with Crippen LogP contribution in [0.25, 0.3) is 0 Å². The first kappa shape index (κ1) is 16.9. The van der Waals surface area contributed by atoms with E-state index in [1.807, 2.05) is 19.9 Å². The van der Waals surface area contributed by atoms with Crippen LogP contribution in [0.1, 0.15) is 29.8 Å². The Balaban J connectivity index is 1.89. The van der Waals surface area contributed by atoms with E-state index >= 15 is 0 Å². The topological polar surface area (TPSA) is 47.6 Å². The Morgan fingerprint density at radius 2 is 2.08 bits per heavy atom. The molecule has 1 amide bonds. The predicted octanol–water partition coefficient (Wildman–Crippen LogP) is 4.97. The average Bonchev–Trinajstić information content (AvgIpc) is 2.89. The Morgan fingerprint density at radius 1 is 1.29 bits per heavy atom. The van der Waals surface area contributed by atoms with Crippen molar-refractivity contribution < 1.29 is 14.3 Å². The molecule has 1 aliphatic rings. The van der Waals surface area contributed by atoms with Gasteiger partial charge < -0.3 is 14.8 Å². The smallest absolute Gasteiger partial charge is 0.255 e. The molecule has 0 saturated heterocycles. The molecule has 0 aromatic heterocycles. The largest absolute Gasteiger partial charge is 0.492 e. The Bertz CT molecular complexity index is 792. The Morgan fingerprint density at radius 3 is 2.79 bits per heavy atom. The summed E-state index contributed by atoms with van der Waals surface area (Å²) in [6, 6.07) is 8.48. The standard InChI is InChI=1S/C18H17Cl2NO3/c1-3-23-17-8-12-6-10(2)24-16(12)9-15(17)21-18(22)11-4-5-13(19)14(20)7-11/h4-5,7-10H,3,6H2,1-2H3,(H,21,22). The highest BCUT2D eigenvalue weighted by Crippen LogP contribution is 2.38. The normalized spacial score (nSPS) is 15.6. The number of anilines is 1. The molecule has 6 heteroatoms. The molecule has 0 saturated carbocycles. The molecule has 1 heterocycles. The van der Waals surface area contributed by atoms with Crippen LogP contribution in [0.15, 0.2) is 30.3 Å². The van der Waals surface area contributed by atoms with Gasteiger partial charge in [-0.05, 0) is 38.1 Å². The van der Waals surface area contributed by atoms with Crippen molar-refractivity contribution in [2.45, 2.75) is 26.4 Å². The van der Waals surface area contributed by atoms with E-state index in [4.69, 9.17) is 32.7 Å². The van der Waals surface area contributed by atoms with Crippen LogP contribution < -0.4 is 14.8 Å². The second-order valence-corrected chi connectivity index (χ2v) is 6.42. The molecule has 0 bridgehead atoms. The van der Waals surface area contributed by atoms with Crippen LogP contribution in [0.3, 0.4) is 0 Å². The van der Waals surface area contributed by atoms with E-state index in [9.17, 15) is 4.79 Å². The van der Waals surface area contributed by atoms with Gasteiger partial charge in [0.15, 0.2) is 0 Å². The number of carbonyl (C=O) groups is 1. The number of ether oxygens (including phenoxy) is 2. The lowest BCUT2D eigenvalue weighted by atomic mass is 10.1. The van der Waals surface area contributed by atoms with Gasteiger partial charge >= 0.3 is 0 Å². The minimum atomic E-state index is -0.291. The van der Waals surface area contributed by atoms with E-state index in [1.165, 1.54) is 6.07 Å². The van der Waals surface area contributed by atoms with Gasteiger partial charge in [-0.3, -0.25) is 4.79 Å². The summed E-state index contributed by atoms with van der Waals surface area (Å²) in [4.78, 5) is 12.5. The molecular weight excluding hydrogens is 349 g/mol. The molecule has 2 aromatic carbocycles. The second kappa shape index (κ2) is 6.91. The zero-order valence-corrected chi connectivity index (χ0v) is 14.9. The fourth-order valence-electron chi connectivity index (χ4n) is 2.64. The van der Waals surface area contributed by atoms with Gasteiger partial charge in [-0.2, -0.15) is 0 Å². The fraction of sp³-hybridized carbons (Fsp3) is 0.278. The maximum atomic E-state index is 12.5. The number of hydrogen-bond donors (Lipinski definition) is 1. The molecule has 0 fully saturated rings. The number of hydrogen-bond acceptors (Lipinski definition) is 3. The van der Waals surface area contributed by atoms with Crippen LogP contribution in [-0.4, -0.2) is 18.6 Å². The maximum Gasteiger partial charge on any atom is 0.255 e. The molecule has 24 heavy (non-hydrogen) atoms. The summed E-state index contributed by atoms with van der Waals surface area (Å²) in [6.45, 7) is 4.41. The van der Waals surface area contributed by atoms with Crippen molar-refractivity contribution in [2.24, 2.45) is 0 Å². The number of rotatable bonds is 4. The summed E-state index contributed by atoms with van der Waals surface area (Å²) in [7, 11) is 0. The summed E-state index contributed by atoms with van der Waals surface area (Å²) in [6.07, 6.45) is 0.951. The van der Waals surface area contributed by atoms with Gasteiger partial charge in [0.05, 0.1) is 22.3 Å². The third kappa shape index (κ3) is 3.45. The summed E-state index contributed by atoms with van der Waals surface area (Å²) < 4.78 is 11.4. The molecule has 1 atom stereocenters. The van der Waals surface area contributed by atoms with Gasteiger partial charge in [-0.15, -0.1) is 0 Å². The van der Waals surface area contributed by atoms with Crippen LogP contribution in [-0.2, 0) is 6.42 Å². The lowest BCUT2D eigenvalue weighted by molar-refractivity contribution is 0.102. The highest BCUT2D eigenvalue weighted by atomic mass is 35.5. The van der Waals surface area contributed by atoms with E-state index in [2.05, 4.69) is 5.32 Å². The molecule has 1 aliphatic heterocycles. The van der Waals surface area contributed by atoms with Crippen molar-refractivity contribution in [1.29, 1.82) is 0 Å². The number of halogens is 2. The van der Waals surface area contributed by atoms with Crippen LogP contribution in [0.2, 0.25) is 10.0 Å². The van der Waals surface area contributed by atoms with E-state index in [1.54, 1.807) is 18.2 Å². The van der Waals surface area contributed by atoms with Crippen molar-refractivity contribution in [1.82, 2.24) is 0 Å². The molecule has 0 spiro atoms. The van der Waals surface area contributed by atoms with Crippen LogP contribution in [0, 0.1) is 0 Å². The summed E-state index contributed by atoms with van der Waals surface area (Å²) in [5.74, 6) is 1.11. The van der Waals surface area contributed by atoms with Crippen molar-refractivity contribution in [3.8, 4) is 11.5 Å². The van der Waals surface area contributed by atoms with Gasteiger partial charge in [0.25, 0.3) is 5.91 Å². The van der Waals surface area contributed by atoms with Gasteiger partial charge in [0.1, 0.15) is 17.6 Å². The number of carbonyl (C=O) groups excluding carboxylic acids is 1. The first-order valence-corrected chi connectivity index (χ1v) is 8.46. The van der Waals surface area contributed by atoms with E-state index in [0.717, 1.165) is 17.7 Å². The third-order valence-corrected chi connectivity index (χ3v) is 4.47. The lowest BCUT2D eigenvalue weighted by Gasteiger charge is -2.14. The Labute approximate surface area is 150 Å². The second-order valence-electron chi connectivity index (χ2n) is 5.60. The summed E-state index contributed by atoms with van der Waals surface area (Å²) >= 11 is 11.9. The third-order valence-electron chi connectivity index (χ3n) is 3.73. The molecule has 3 rings (SSSR count). The van der Waals surface area contributed by atoms with Gasteiger partial charge in [-0.1, -0.05) is 23.2 Å².